The quantitative estimate of drug-likeness (QED) is 0.275. The minimum absolute atomic E-state index is 0. The summed E-state index contributed by atoms with van der Waals surface area (Å²) in [6, 6.07) is 2.01. The molecule has 1 aliphatic rings. The maximum atomic E-state index is 9.33. The Hall–Kier alpha value is 0.254. The van der Waals surface area contributed by atoms with E-state index in [-0.39, 0.29) is 44.3 Å². The summed E-state index contributed by atoms with van der Waals surface area (Å²) in [5.74, 6) is 1.23. The summed E-state index contributed by atoms with van der Waals surface area (Å²) in [5, 5.41) is 17.7. The number of nitriles is 1. The van der Waals surface area contributed by atoms with Crippen LogP contribution < -0.4 is 0 Å². The average Bonchev–Trinajstić information content (AvgIpc) is 2.59. The Morgan fingerprint density at radius 2 is 1.54 bits per heavy atom. The fraction of sp³-hybridized carbons (Fsp3) is 0.842. The van der Waals surface area contributed by atoms with Gasteiger partial charge in [0.15, 0.2) is 9.03 Å². The van der Waals surface area contributed by atoms with E-state index < -0.39 is 0 Å². The molecule has 0 aliphatic carbocycles. The first-order valence-electron chi connectivity index (χ1n) is 9.15. The number of aliphatic hydroxyl groups excluding tert-OH is 1. The van der Waals surface area contributed by atoms with Crippen LogP contribution in [0.15, 0.2) is 0 Å². The molecule has 0 spiro atoms. The van der Waals surface area contributed by atoms with Crippen LogP contribution in [0.1, 0.15) is 53.9 Å². The number of ether oxygens (including phenoxy) is 1. The number of aliphatic hydroxyl groups is 1. The van der Waals surface area contributed by atoms with Crippen LogP contribution in [0.25, 0.3) is 0 Å². The fourth-order valence-corrected chi connectivity index (χ4v) is 2.83. The van der Waals surface area contributed by atoms with Crippen LogP contribution in [-0.2, 0) is 30.3 Å². The molecular formula is C19H38NNiO4P. The SMILES string of the molecule is C[C@H]1[C@H](C)[C@@H](CO)OC(COPOCCC#N)[C@H]1C.[CH2-]CC.[CH2-]CC.[Ni+2]. The third kappa shape index (κ3) is 14.3. The van der Waals surface area contributed by atoms with Crippen LogP contribution in [0.4, 0.5) is 0 Å². The molecule has 26 heavy (non-hydrogen) atoms. The average molecular weight is 434 g/mol. The first-order chi connectivity index (χ1) is 11.9. The molecule has 0 bridgehead atoms. The van der Waals surface area contributed by atoms with Gasteiger partial charge in [-0.15, -0.1) is 0 Å². The standard InChI is InChI=1S/C13H24NO4P.2C3H7.Ni/c1-9-10(2)12(7-15)18-13(11(9)3)8-17-19-16-6-4-5-14;2*1-3-2;/h9-13,15,19H,4,6-8H2,1-3H3;2*1,3H2,2H3;/q;2*-1;+2/t9-,10-,11-,12+,13?;;;/m0.../s1. The maximum Gasteiger partial charge on any atom is 2.00 e. The van der Waals surface area contributed by atoms with Gasteiger partial charge in [-0.3, -0.25) is 0 Å². The molecular weight excluding hydrogens is 396 g/mol. The van der Waals surface area contributed by atoms with Crippen molar-refractivity contribution in [1.82, 2.24) is 0 Å². The predicted octanol–water partition coefficient (Wildman–Crippen LogP) is 4.57. The number of nitrogens with zero attached hydrogens (tertiary/aromatic N) is 1. The molecule has 1 fully saturated rings. The number of hydrogen-bond acceptors (Lipinski definition) is 5. The van der Waals surface area contributed by atoms with Crippen LogP contribution in [0.3, 0.4) is 0 Å². The minimum Gasteiger partial charge on any atom is -0.394 e. The Balaban J connectivity index is -0.000000664. The molecule has 0 amide bonds. The number of hydrogen-bond donors (Lipinski definition) is 1. The molecule has 2 unspecified atom stereocenters. The van der Waals surface area contributed by atoms with E-state index in [9.17, 15) is 5.11 Å². The monoisotopic (exact) mass is 433 g/mol. The summed E-state index contributed by atoms with van der Waals surface area (Å²) in [6.45, 7) is 18.4. The van der Waals surface area contributed by atoms with Gasteiger partial charge in [0.2, 0.25) is 0 Å². The molecule has 1 N–H and O–H groups in total. The molecule has 1 rings (SSSR count). The van der Waals surface area contributed by atoms with E-state index in [0.29, 0.717) is 37.4 Å². The van der Waals surface area contributed by atoms with Gasteiger partial charge >= 0.3 is 16.5 Å². The van der Waals surface area contributed by atoms with Crippen molar-refractivity contribution in [1.29, 1.82) is 5.26 Å². The molecule has 0 saturated carbocycles. The molecule has 0 aromatic heterocycles. The molecule has 7 heteroatoms. The summed E-state index contributed by atoms with van der Waals surface area (Å²) >= 11 is 0. The zero-order chi connectivity index (χ0) is 19.7. The van der Waals surface area contributed by atoms with Gasteiger partial charge in [-0.1, -0.05) is 34.6 Å². The van der Waals surface area contributed by atoms with E-state index in [4.69, 9.17) is 19.0 Å². The maximum absolute atomic E-state index is 9.33. The molecule has 1 saturated heterocycles. The van der Waals surface area contributed by atoms with Crippen molar-refractivity contribution in [2.75, 3.05) is 19.8 Å². The van der Waals surface area contributed by atoms with Crippen molar-refractivity contribution in [2.24, 2.45) is 17.8 Å². The van der Waals surface area contributed by atoms with Crippen LogP contribution >= 0.6 is 9.03 Å². The summed E-state index contributed by atoms with van der Waals surface area (Å²) in [6.07, 6.45) is 2.27. The van der Waals surface area contributed by atoms with Gasteiger partial charge in [0.1, 0.15) is 0 Å². The van der Waals surface area contributed by atoms with Crippen LogP contribution in [0.5, 0.6) is 0 Å². The van der Waals surface area contributed by atoms with Gasteiger partial charge in [0, 0.05) is 0 Å². The van der Waals surface area contributed by atoms with Gasteiger partial charge < -0.3 is 32.7 Å². The normalized spacial score (nSPS) is 27.4. The Morgan fingerprint density at radius 3 is 2.00 bits per heavy atom. The second-order valence-electron chi connectivity index (χ2n) is 6.12. The Labute approximate surface area is 173 Å². The fourth-order valence-electron chi connectivity index (χ4n) is 2.32. The first-order valence-corrected chi connectivity index (χ1v) is 9.96. The van der Waals surface area contributed by atoms with Crippen molar-refractivity contribution in [2.45, 2.75) is 66.1 Å². The Kier molecular flexibility index (Phi) is 25.7. The van der Waals surface area contributed by atoms with E-state index in [2.05, 4.69) is 34.6 Å². The van der Waals surface area contributed by atoms with Crippen molar-refractivity contribution in [3.8, 4) is 6.07 Å². The van der Waals surface area contributed by atoms with Crippen LogP contribution in [0.2, 0.25) is 0 Å². The molecule has 1 heterocycles. The molecule has 0 aromatic carbocycles. The molecule has 0 aromatic rings. The molecule has 158 valence electrons. The Morgan fingerprint density at radius 1 is 1.04 bits per heavy atom. The first kappa shape index (κ1) is 31.0. The molecule has 0 radical (unpaired) electrons. The van der Waals surface area contributed by atoms with Crippen molar-refractivity contribution < 1.29 is 35.4 Å². The van der Waals surface area contributed by atoms with E-state index in [1.807, 2.05) is 19.9 Å². The largest absolute Gasteiger partial charge is 2.00 e. The van der Waals surface area contributed by atoms with Crippen molar-refractivity contribution in [3.63, 3.8) is 0 Å². The molecule has 5 nitrogen and oxygen atoms in total. The van der Waals surface area contributed by atoms with Gasteiger partial charge in [-0.25, -0.2) is 0 Å². The second kappa shape index (κ2) is 21.6. The summed E-state index contributed by atoms with van der Waals surface area (Å²) in [7, 11) is -0.0587. The van der Waals surface area contributed by atoms with Gasteiger partial charge in [0.25, 0.3) is 0 Å². The topological polar surface area (TPSA) is 71.7 Å². The van der Waals surface area contributed by atoms with Gasteiger partial charge in [0.05, 0.1) is 44.5 Å². The zero-order valence-electron chi connectivity index (χ0n) is 17.0. The number of rotatable bonds is 7. The summed E-state index contributed by atoms with van der Waals surface area (Å²) in [5.41, 5.74) is 0. The second-order valence-corrected chi connectivity index (χ2v) is 6.87. The van der Waals surface area contributed by atoms with E-state index in [1.54, 1.807) is 0 Å². The smallest absolute Gasteiger partial charge is 0.394 e. The Bertz CT molecular complexity index is 327. The third-order valence-electron chi connectivity index (χ3n) is 4.04. The van der Waals surface area contributed by atoms with E-state index in [0.717, 1.165) is 12.8 Å². The van der Waals surface area contributed by atoms with E-state index in [1.165, 1.54) is 0 Å². The summed E-state index contributed by atoms with van der Waals surface area (Å²) in [4.78, 5) is 0. The van der Waals surface area contributed by atoms with Crippen LogP contribution in [-0.4, -0.2) is 37.1 Å². The minimum atomic E-state index is -0.109. The zero-order valence-corrected chi connectivity index (χ0v) is 19.0. The third-order valence-corrected chi connectivity index (χ3v) is 4.65. The van der Waals surface area contributed by atoms with Crippen molar-refractivity contribution >= 4 is 9.03 Å². The summed E-state index contributed by atoms with van der Waals surface area (Å²) < 4.78 is 16.5. The van der Waals surface area contributed by atoms with Crippen LogP contribution in [0, 0.1) is 42.9 Å². The predicted molar refractivity (Wildman–Crippen MR) is 105 cm³/mol. The van der Waals surface area contributed by atoms with E-state index >= 15 is 0 Å². The van der Waals surface area contributed by atoms with Gasteiger partial charge in [-0.05, 0) is 17.8 Å². The van der Waals surface area contributed by atoms with Gasteiger partial charge in [-0.2, -0.15) is 18.1 Å². The molecule has 1 aliphatic heterocycles. The van der Waals surface area contributed by atoms with Crippen molar-refractivity contribution in [3.05, 3.63) is 13.8 Å². The molecule has 6 atom stereocenters.